The molecule has 1 N–H and O–H groups in total. The van der Waals surface area contributed by atoms with Crippen LogP contribution in [0.1, 0.15) is 42.8 Å². The summed E-state index contributed by atoms with van der Waals surface area (Å²) < 4.78 is 11.6. The van der Waals surface area contributed by atoms with Gasteiger partial charge in [0.05, 0.1) is 6.54 Å². The molecule has 1 fully saturated rings. The summed E-state index contributed by atoms with van der Waals surface area (Å²) in [6.45, 7) is 3.40. The van der Waals surface area contributed by atoms with E-state index in [1.807, 2.05) is 25.1 Å². The lowest BCUT2D eigenvalue weighted by Gasteiger charge is -2.15. The van der Waals surface area contributed by atoms with E-state index in [2.05, 4.69) is 16.4 Å². The molecule has 112 valence electrons. The van der Waals surface area contributed by atoms with Crippen LogP contribution in [0.4, 0.5) is 0 Å². The lowest BCUT2D eigenvalue weighted by atomic mass is 10.2. The lowest BCUT2D eigenvalue weighted by Crippen LogP contribution is -2.17. The minimum atomic E-state index is 0.339. The molecule has 2 aromatic rings. The van der Waals surface area contributed by atoms with Crippen LogP contribution >= 0.6 is 0 Å². The van der Waals surface area contributed by atoms with Crippen molar-refractivity contribution < 1.29 is 9.15 Å². The Kier molecular flexibility index (Phi) is 4.55. The Morgan fingerprint density at radius 1 is 1.24 bits per heavy atom. The molecule has 0 atom stereocenters. The number of pyridine rings is 1. The molecule has 1 saturated carbocycles. The maximum absolute atomic E-state index is 6.04. The van der Waals surface area contributed by atoms with Gasteiger partial charge in [-0.05, 0) is 50.8 Å². The topological polar surface area (TPSA) is 47.3 Å². The number of nitrogens with one attached hydrogen (secondary N) is 1. The van der Waals surface area contributed by atoms with Crippen LogP contribution in [0.15, 0.2) is 34.9 Å². The Balaban J connectivity index is 1.56. The van der Waals surface area contributed by atoms with E-state index >= 15 is 0 Å². The van der Waals surface area contributed by atoms with Crippen molar-refractivity contribution in [3.63, 3.8) is 0 Å². The molecule has 0 aromatic carbocycles. The Morgan fingerprint density at radius 3 is 2.86 bits per heavy atom. The summed E-state index contributed by atoms with van der Waals surface area (Å²) in [5.74, 6) is 2.67. The molecule has 0 bridgehead atoms. The third-order valence-corrected chi connectivity index (χ3v) is 3.84. The first-order valence-electron chi connectivity index (χ1n) is 7.68. The Morgan fingerprint density at radius 2 is 2.10 bits per heavy atom. The van der Waals surface area contributed by atoms with Crippen molar-refractivity contribution >= 4 is 0 Å². The number of ether oxygens (including phenoxy) is 1. The molecule has 0 spiro atoms. The number of aryl methyl sites for hydroxylation is 1. The van der Waals surface area contributed by atoms with Gasteiger partial charge < -0.3 is 14.5 Å². The molecule has 21 heavy (non-hydrogen) atoms. The van der Waals surface area contributed by atoms with Crippen molar-refractivity contribution in [2.45, 2.75) is 51.8 Å². The van der Waals surface area contributed by atoms with E-state index < -0.39 is 0 Å². The van der Waals surface area contributed by atoms with Crippen molar-refractivity contribution in [1.29, 1.82) is 0 Å². The van der Waals surface area contributed by atoms with Gasteiger partial charge in [0.1, 0.15) is 17.6 Å². The highest BCUT2D eigenvalue weighted by Crippen LogP contribution is 2.24. The zero-order chi connectivity index (χ0) is 14.5. The molecule has 4 heteroatoms. The zero-order valence-corrected chi connectivity index (χ0v) is 12.5. The monoisotopic (exact) mass is 286 g/mol. The van der Waals surface area contributed by atoms with Crippen LogP contribution in [-0.4, -0.2) is 11.1 Å². The fourth-order valence-electron chi connectivity index (χ4n) is 2.73. The van der Waals surface area contributed by atoms with Crippen LogP contribution in [-0.2, 0) is 13.1 Å². The van der Waals surface area contributed by atoms with E-state index in [-0.39, 0.29) is 0 Å². The van der Waals surface area contributed by atoms with Crippen LogP contribution in [0.25, 0.3) is 0 Å². The van der Waals surface area contributed by atoms with Crippen molar-refractivity contribution in [3.8, 4) is 5.88 Å². The average molecular weight is 286 g/mol. The highest BCUT2D eigenvalue weighted by Gasteiger charge is 2.18. The van der Waals surface area contributed by atoms with Gasteiger partial charge in [-0.25, -0.2) is 4.98 Å². The summed E-state index contributed by atoms with van der Waals surface area (Å²) >= 11 is 0. The van der Waals surface area contributed by atoms with Gasteiger partial charge in [-0.15, -0.1) is 0 Å². The van der Waals surface area contributed by atoms with Gasteiger partial charge in [-0.3, -0.25) is 0 Å². The van der Waals surface area contributed by atoms with E-state index in [1.165, 1.54) is 12.8 Å². The fourth-order valence-corrected chi connectivity index (χ4v) is 2.73. The summed E-state index contributed by atoms with van der Waals surface area (Å²) in [5, 5.41) is 3.38. The highest BCUT2D eigenvalue weighted by molar-refractivity contribution is 5.25. The molecule has 0 unspecified atom stereocenters. The summed E-state index contributed by atoms with van der Waals surface area (Å²) in [7, 11) is 0. The lowest BCUT2D eigenvalue weighted by molar-refractivity contribution is 0.198. The molecule has 0 saturated heterocycles. The normalized spacial score (nSPS) is 15.5. The van der Waals surface area contributed by atoms with Gasteiger partial charge >= 0.3 is 0 Å². The largest absolute Gasteiger partial charge is 0.474 e. The quantitative estimate of drug-likeness (QED) is 0.881. The van der Waals surface area contributed by atoms with E-state index in [1.54, 1.807) is 6.20 Å². The average Bonchev–Trinajstić information content (AvgIpc) is 3.13. The minimum absolute atomic E-state index is 0.339. The van der Waals surface area contributed by atoms with Crippen molar-refractivity contribution in [3.05, 3.63) is 47.5 Å². The summed E-state index contributed by atoms with van der Waals surface area (Å²) in [6, 6.07) is 8.00. The summed E-state index contributed by atoms with van der Waals surface area (Å²) in [6.07, 6.45) is 6.96. The third-order valence-electron chi connectivity index (χ3n) is 3.84. The van der Waals surface area contributed by atoms with Gasteiger partial charge in [0, 0.05) is 18.3 Å². The SMILES string of the molecule is Cc1ccc(CNCc2cccnc2OC2CCCC2)o1. The minimum Gasteiger partial charge on any atom is -0.474 e. The highest BCUT2D eigenvalue weighted by atomic mass is 16.5. The van der Waals surface area contributed by atoms with Crippen LogP contribution in [0.5, 0.6) is 5.88 Å². The Bertz CT molecular complexity index is 574. The van der Waals surface area contributed by atoms with E-state index in [4.69, 9.17) is 9.15 Å². The van der Waals surface area contributed by atoms with Crippen LogP contribution in [0, 0.1) is 6.92 Å². The van der Waals surface area contributed by atoms with Crippen LogP contribution < -0.4 is 10.1 Å². The second-order valence-electron chi connectivity index (χ2n) is 5.61. The van der Waals surface area contributed by atoms with Crippen LogP contribution in [0.2, 0.25) is 0 Å². The molecule has 1 aliphatic rings. The second kappa shape index (κ2) is 6.76. The first kappa shape index (κ1) is 14.1. The molecule has 3 rings (SSSR count). The van der Waals surface area contributed by atoms with Crippen molar-refractivity contribution in [2.24, 2.45) is 0 Å². The Hall–Kier alpha value is -1.81. The smallest absolute Gasteiger partial charge is 0.218 e. The molecule has 4 nitrogen and oxygen atoms in total. The first-order chi connectivity index (χ1) is 10.3. The van der Waals surface area contributed by atoms with Gasteiger partial charge in [-0.2, -0.15) is 0 Å². The maximum atomic E-state index is 6.04. The molecule has 2 heterocycles. The molecule has 0 amide bonds. The summed E-state index contributed by atoms with van der Waals surface area (Å²) in [4.78, 5) is 4.39. The number of hydrogen-bond acceptors (Lipinski definition) is 4. The molecular formula is C17H22N2O2. The Labute approximate surface area is 125 Å². The first-order valence-corrected chi connectivity index (χ1v) is 7.68. The molecule has 1 aliphatic carbocycles. The molecular weight excluding hydrogens is 264 g/mol. The maximum Gasteiger partial charge on any atom is 0.218 e. The van der Waals surface area contributed by atoms with Gasteiger partial charge in [0.15, 0.2) is 0 Å². The molecule has 0 radical (unpaired) electrons. The van der Waals surface area contributed by atoms with E-state index in [0.29, 0.717) is 12.6 Å². The van der Waals surface area contributed by atoms with Crippen molar-refractivity contribution in [1.82, 2.24) is 10.3 Å². The summed E-state index contributed by atoms with van der Waals surface area (Å²) in [5.41, 5.74) is 1.10. The number of furan rings is 1. The molecule has 2 aromatic heterocycles. The predicted molar refractivity (Wildman–Crippen MR) is 81.1 cm³/mol. The van der Waals surface area contributed by atoms with Crippen molar-refractivity contribution in [2.75, 3.05) is 0 Å². The van der Waals surface area contributed by atoms with Gasteiger partial charge in [-0.1, -0.05) is 6.07 Å². The van der Waals surface area contributed by atoms with Gasteiger partial charge in [0.2, 0.25) is 5.88 Å². The van der Waals surface area contributed by atoms with E-state index in [9.17, 15) is 0 Å². The molecule has 0 aliphatic heterocycles. The predicted octanol–water partition coefficient (Wildman–Crippen LogP) is 3.59. The second-order valence-corrected chi connectivity index (χ2v) is 5.61. The van der Waals surface area contributed by atoms with E-state index in [0.717, 1.165) is 42.4 Å². The fraction of sp³-hybridized carbons (Fsp3) is 0.471. The number of rotatable bonds is 6. The number of nitrogens with zero attached hydrogens (tertiary/aromatic N) is 1. The standard InChI is InChI=1S/C17H22N2O2/c1-13-8-9-16(20-13)12-18-11-14-5-4-10-19-17(14)21-15-6-2-3-7-15/h4-5,8-10,15,18H,2-3,6-7,11-12H2,1H3. The number of aromatic nitrogens is 1. The van der Waals surface area contributed by atoms with Crippen LogP contribution in [0.3, 0.4) is 0 Å². The third kappa shape index (κ3) is 3.85. The number of hydrogen-bond donors (Lipinski definition) is 1. The zero-order valence-electron chi connectivity index (χ0n) is 12.5. The van der Waals surface area contributed by atoms with Gasteiger partial charge in [0.25, 0.3) is 0 Å².